The molecule has 0 aliphatic heterocycles. The maximum absolute atomic E-state index is 9.19. The Morgan fingerprint density at radius 1 is 1.24 bits per heavy atom. The van der Waals surface area contributed by atoms with Crippen LogP contribution in [0.2, 0.25) is 0 Å². The molecule has 1 N–H and O–H groups in total. The molecule has 0 radical (unpaired) electrons. The average Bonchev–Trinajstić information content (AvgIpc) is 2.49. The molecule has 0 saturated carbocycles. The smallest absolute Gasteiger partial charge is 0.126 e. The number of unbranched alkanes of at least 4 members (excludes halogenated alkanes) is 1. The second-order valence-electron chi connectivity index (χ2n) is 5.86. The van der Waals surface area contributed by atoms with Gasteiger partial charge in [0, 0.05) is 12.2 Å². The van der Waals surface area contributed by atoms with Gasteiger partial charge in [0.05, 0.1) is 7.11 Å². The zero-order chi connectivity index (χ0) is 16.3. The second kappa shape index (κ2) is 10.4. The highest BCUT2D eigenvalue weighted by Gasteiger charge is 2.14. The summed E-state index contributed by atoms with van der Waals surface area (Å²) in [7, 11) is 1.70. The Bertz CT molecular complexity index is 420. The van der Waals surface area contributed by atoms with Crippen molar-refractivity contribution in [3.63, 3.8) is 0 Å². The molecule has 0 spiro atoms. The fourth-order valence-electron chi connectivity index (χ4n) is 1.97. The monoisotopic (exact) mass is 292 g/mol. The maximum atomic E-state index is 9.19. The maximum Gasteiger partial charge on any atom is 0.126 e. The summed E-state index contributed by atoms with van der Waals surface area (Å²) in [5.74, 6) is 0.914. The molecule has 1 aromatic carbocycles. The second-order valence-corrected chi connectivity index (χ2v) is 5.86. The van der Waals surface area contributed by atoms with E-state index in [0.717, 1.165) is 30.6 Å². The number of aliphatic hydroxyl groups is 1. The average molecular weight is 292 g/mol. The van der Waals surface area contributed by atoms with Crippen molar-refractivity contribution in [2.24, 2.45) is 5.41 Å². The van der Waals surface area contributed by atoms with Gasteiger partial charge < -0.3 is 9.84 Å². The van der Waals surface area contributed by atoms with E-state index in [-0.39, 0.29) is 12.0 Å². The molecule has 0 aromatic heterocycles. The first-order valence-corrected chi connectivity index (χ1v) is 7.90. The van der Waals surface area contributed by atoms with Crippen LogP contribution in [0.3, 0.4) is 0 Å². The molecule has 0 heterocycles. The Morgan fingerprint density at radius 3 is 2.48 bits per heavy atom. The summed E-state index contributed by atoms with van der Waals surface area (Å²) < 4.78 is 5.34. The summed E-state index contributed by atoms with van der Waals surface area (Å²) in [4.78, 5) is 0. The minimum absolute atomic E-state index is 0.0366. The lowest BCUT2D eigenvalue weighted by atomic mass is 9.88. The Morgan fingerprint density at radius 2 is 1.90 bits per heavy atom. The number of rotatable bonds is 7. The highest BCUT2D eigenvalue weighted by atomic mass is 16.5. The molecule has 0 unspecified atom stereocenters. The lowest BCUT2D eigenvalue weighted by Gasteiger charge is -2.20. The number of aryl methyl sites for hydroxylation is 1. The van der Waals surface area contributed by atoms with Gasteiger partial charge in [-0.05, 0) is 43.7 Å². The summed E-state index contributed by atoms with van der Waals surface area (Å²) in [5, 5.41) is 9.19. The lowest BCUT2D eigenvalue weighted by molar-refractivity contribution is 0.148. The van der Waals surface area contributed by atoms with Gasteiger partial charge in [0.2, 0.25) is 0 Å². The fourth-order valence-corrected chi connectivity index (χ4v) is 1.97. The van der Waals surface area contributed by atoms with Crippen LogP contribution in [0, 0.1) is 12.3 Å². The number of allylic oxidation sites excluding steroid dienone is 1. The van der Waals surface area contributed by atoms with E-state index in [1.165, 1.54) is 5.56 Å². The van der Waals surface area contributed by atoms with E-state index in [1.54, 1.807) is 7.11 Å². The van der Waals surface area contributed by atoms with E-state index in [0.29, 0.717) is 0 Å². The molecular weight excluding hydrogens is 260 g/mol. The van der Waals surface area contributed by atoms with E-state index in [1.807, 2.05) is 19.9 Å². The van der Waals surface area contributed by atoms with Gasteiger partial charge in [-0.1, -0.05) is 51.5 Å². The van der Waals surface area contributed by atoms with E-state index in [9.17, 15) is 5.11 Å². The normalized spacial score (nSPS) is 11.2. The molecule has 2 heteroatoms. The minimum Gasteiger partial charge on any atom is -0.496 e. The van der Waals surface area contributed by atoms with E-state index >= 15 is 0 Å². The van der Waals surface area contributed by atoms with Gasteiger partial charge in [0.25, 0.3) is 0 Å². The van der Waals surface area contributed by atoms with Crippen molar-refractivity contribution in [1.29, 1.82) is 0 Å². The molecule has 1 rings (SSSR count). The first kappa shape index (κ1) is 19.7. The van der Waals surface area contributed by atoms with Crippen LogP contribution < -0.4 is 4.74 Å². The van der Waals surface area contributed by atoms with Crippen molar-refractivity contribution in [3.05, 3.63) is 35.4 Å². The van der Waals surface area contributed by atoms with Crippen LogP contribution >= 0.6 is 0 Å². The van der Waals surface area contributed by atoms with Crippen LogP contribution in [0.15, 0.2) is 24.3 Å². The van der Waals surface area contributed by atoms with Crippen molar-refractivity contribution >= 4 is 6.08 Å². The third kappa shape index (κ3) is 7.91. The number of benzene rings is 1. The van der Waals surface area contributed by atoms with Crippen LogP contribution in [0.5, 0.6) is 5.75 Å². The van der Waals surface area contributed by atoms with Crippen molar-refractivity contribution in [1.82, 2.24) is 0 Å². The van der Waals surface area contributed by atoms with Gasteiger partial charge in [0.15, 0.2) is 0 Å². The van der Waals surface area contributed by atoms with Crippen LogP contribution in [0.1, 0.15) is 58.1 Å². The van der Waals surface area contributed by atoms with Crippen LogP contribution in [0.25, 0.3) is 6.08 Å². The van der Waals surface area contributed by atoms with Crippen LogP contribution in [-0.4, -0.2) is 18.8 Å². The SMILES string of the molecule is CC.COc1ccc(C)cc1/C=C/CCCC(C)(C)CO. The molecule has 21 heavy (non-hydrogen) atoms. The summed E-state index contributed by atoms with van der Waals surface area (Å²) in [5.41, 5.74) is 2.40. The van der Waals surface area contributed by atoms with Gasteiger partial charge in [-0.3, -0.25) is 0 Å². The zero-order valence-electron chi connectivity index (χ0n) is 14.6. The molecule has 0 saturated heterocycles. The van der Waals surface area contributed by atoms with Gasteiger partial charge in [-0.2, -0.15) is 0 Å². The molecular formula is C19H32O2. The van der Waals surface area contributed by atoms with Gasteiger partial charge in [-0.25, -0.2) is 0 Å². The minimum atomic E-state index is 0.0366. The largest absolute Gasteiger partial charge is 0.496 e. The van der Waals surface area contributed by atoms with E-state index in [2.05, 4.69) is 45.1 Å². The third-order valence-electron chi connectivity index (χ3n) is 3.33. The Labute approximate surface area is 130 Å². The number of ether oxygens (including phenoxy) is 1. The number of methoxy groups -OCH3 is 1. The predicted molar refractivity (Wildman–Crippen MR) is 92.8 cm³/mol. The van der Waals surface area contributed by atoms with Gasteiger partial charge in [-0.15, -0.1) is 0 Å². The van der Waals surface area contributed by atoms with Crippen molar-refractivity contribution in [2.45, 2.75) is 53.9 Å². The zero-order valence-corrected chi connectivity index (χ0v) is 14.6. The first-order chi connectivity index (χ1) is 9.98. The van der Waals surface area contributed by atoms with Crippen molar-refractivity contribution < 1.29 is 9.84 Å². The van der Waals surface area contributed by atoms with Crippen molar-refractivity contribution in [2.75, 3.05) is 13.7 Å². The molecule has 0 aliphatic carbocycles. The molecule has 2 nitrogen and oxygen atoms in total. The van der Waals surface area contributed by atoms with Crippen LogP contribution in [-0.2, 0) is 0 Å². The number of aliphatic hydroxyl groups excluding tert-OH is 1. The molecule has 0 bridgehead atoms. The molecule has 120 valence electrons. The lowest BCUT2D eigenvalue weighted by Crippen LogP contribution is -2.15. The topological polar surface area (TPSA) is 29.5 Å². The fraction of sp³-hybridized carbons (Fsp3) is 0.579. The Kier molecular flexibility index (Phi) is 9.81. The first-order valence-electron chi connectivity index (χ1n) is 7.90. The molecule has 0 atom stereocenters. The summed E-state index contributed by atoms with van der Waals surface area (Å²) >= 11 is 0. The van der Waals surface area contributed by atoms with E-state index in [4.69, 9.17) is 4.74 Å². The summed E-state index contributed by atoms with van der Waals surface area (Å²) in [6.45, 7) is 10.5. The summed E-state index contributed by atoms with van der Waals surface area (Å²) in [6, 6.07) is 6.19. The summed E-state index contributed by atoms with van der Waals surface area (Å²) in [6.07, 6.45) is 7.47. The molecule has 0 aliphatic rings. The third-order valence-corrected chi connectivity index (χ3v) is 3.33. The molecule has 1 aromatic rings. The molecule has 0 amide bonds. The number of hydrogen-bond donors (Lipinski definition) is 1. The number of hydrogen-bond acceptors (Lipinski definition) is 2. The van der Waals surface area contributed by atoms with E-state index < -0.39 is 0 Å². The highest BCUT2D eigenvalue weighted by Crippen LogP contribution is 2.24. The van der Waals surface area contributed by atoms with Crippen LogP contribution in [0.4, 0.5) is 0 Å². The predicted octanol–water partition coefficient (Wildman–Crippen LogP) is 5.23. The van der Waals surface area contributed by atoms with Crippen molar-refractivity contribution in [3.8, 4) is 5.75 Å². The Hall–Kier alpha value is -1.28. The van der Waals surface area contributed by atoms with Gasteiger partial charge in [0.1, 0.15) is 5.75 Å². The highest BCUT2D eigenvalue weighted by molar-refractivity contribution is 5.58. The standard InChI is InChI=1S/C17H26O2.C2H6/c1-14-9-10-16(19-4)15(12-14)8-6-5-7-11-17(2,3)13-18;1-2/h6,8-10,12,18H,5,7,11,13H2,1-4H3;1-2H3/b8-6+;. The van der Waals surface area contributed by atoms with Gasteiger partial charge >= 0.3 is 0 Å². The molecule has 0 fully saturated rings. The Balaban J connectivity index is 0.00000191. The quantitative estimate of drug-likeness (QED) is 0.697.